The molecule has 0 bridgehead atoms. The largest absolute Gasteiger partial charge is 1.00 e. The van der Waals surface area contributed by atoms with Crippen LogP contribution in [0.25, 0.3) is 33.4 Å². The van der Waals surface area contributed by atoms with Crippen molar-refractivity contribution < 1.29 is 128 Å². The van der Waals surface area contributed by atoms with E-state index in [-0.39, 0.29) is 105 Å². The quantitative estimate of drug-likeness (QED) is 0.108. The Labute approximate surface area is 299 Å². The van der Waals surface area contributed by atoms with Gasteiger partial charge in [0.1, 0.15) is 5.30 Å². The first kappa shape index (κ1) is 38.1. The van der Waals surface area contributed by atoms with Crippen LogP contribution in [0.1, 0.15) is 0 Å². The zero-order valence-electron chi connectivity index (χ0n) is 21.7. The molecule has 0 spiro atoms. The predicted octanol–water partition coefficient (Wildman–Crippen LogP) is -5.28. The molecular weight excluding hydrogens is 628 g/mol. The second-order valence-corrected chi connectivity index (χ2v) is 22.8. The molecule has 0 saturated carbocycles. The molecule has 4 aromatic carbocycles. The van der Waals surface area contributed by atoms with Crippen LogP contribution in [0.3, 0.4) is 0 Å². The zero-order valence-corrected chi connectivity index (χ0v) is 31.0. The third-order valence-electron chi connectivity index (χ3n) is 5.57. The third kappa shape index (κ3) is 7.05. The molecule has 0 aliphatic rings. The van der Waals surface area contributed by atoms with E-state index >= 15 is 0 Å². The van der Waals surface area contributed by atoms with E-state index in [1.165, 1.54) is 30.3 Å². The van der Waals surface area contributed by atoms with Crippen LogP contribution >= 0.6 is 4.87 Å². The van der Waals surface area contributed by atoms with E-state index in [4.69, 9.17) is 0 Å². The van der Waals surface area contributed by atoms with Crippen molar-refractivity contribution in [3.8, 4) is 33.4 Å². The molecule has 4 rings (SSSR count). The molecule has 0 atom stereocenters. The van der Waals surface area contributed by atoms with Crippen LogP contribution in [0.2, 0.25) is 0 Å². The molecule has 16 heteroatoms. The Morgan fingerprint density at radius 1 is 0.425 bits per heavy atom. The molecule has 0 unspecified atom stereocenters. The van der Waals surface area contributed by atoms with Crippen molar-refractivity contribution in [1.29, 1.82) is 0 Å². The van der Waals surface area contributed by atoms with Crippen molar-refractivity contribution in [2.75, 3.05) is 0 Å². The van der Waals surface area contributed by atoms with Gasteiger partial charge in [0.05, 0.1) is 0 Å². The Hall–Kier alpha value is 0.0400. The van der Waals surface area contributed by atoms with Gasteiger partial charge in [-0.1, -0.05) is 91.0 Å². The summed E-state index contributed by atoms with van der Waals surface area (Å²) < 4.78 is 112. The fraction of sp³-hybridized carbons (Fsp3) is 0. The summed E-state index contributed by atoms with van der Waals surface area (Å²) in [6.07, 6.45) is 0. The maximum Gasteiger partial charge on any atom is 1.00 e. The monoisotopic (exact) mass is 645 g/mol. The van der Waals surface area contributed by atoms with E-state index in [1.54, 1.807) is 66.7 Å². The van der Waals surface area contributed by atoms with Crippen LogP contribution in [-0.2, 0) is 29.2 Å². The molecule has 4 aromatic rings. The first-order chi connectivity index (χ1) is 17.3. The van der Waals surface area contributed by atoms with E-state index < -0.39 is 39.4 Å². The molecule has 0 amide bonds. The molecule has 0 aliphatic carbocycles. The maximum atomic E-state index is 12.5. The summed E-state index contributed by atoms with van der Waals surface area (Å²) in [5, 5.41) is -1.16. The summed E-state index contributed by atoms with van der Waals surface area (Å²) in [5.74, 6) is 0. The number of hydrogen-bond acceptors (Lipinski definition) is 9. The Bertz CT molecular complexity index is 1710. The average molecular weight is 646 g/mol. The van der Waals surface area contributed by atoms with Gasteiger partial charge in [-0.3, -0.25) is 0 Å². The maximum absolute atomic E-state index is 12.5. The minimum absolute atomic E-state index is 0. The van der Waals surface area contributed by atoms with Gasteiger partial charge in [-0.15, -0.1) is 0 Å². The van der Waals surface area contributed by atoms with Gasteiger partial charge in [-0.25, -0.2) is 0 Å². The molecule has 40 heavy (non-hydrogen) atoms. The Morgan fingerprint density at radius 2 is 0.750 bits per heavy atom. The molecule has 0 aromatic heterocycles. The summed E-state index contributed by atoms with van der Waals surface area (Å²) in [6, 6.07) is 26.1. The van der Waals surface area contributed by atoms with E-state index in [9.17, 15) is 38.9 Å². The summed E-state index contributed by atoms with van der Waals surface area (Å²) in [4.78, 5) is -6.61. The average Bonchev–Trinajstić information content (AvgIpc) is 2.83. The Morgan fingerprint density at radius 3 is 1.10 bits per heavy atom. The van der Waals surface area contributed by atoms with Gasteiger partial charge in [0, 0.05) is 11.1 Å². The van der Waals surface area contributed by atoms with Crippen LogP contribution in [-0.4, -0.2) is 38.9 Å². The van der Waals surface area contributed by atoms with Crippen molar-refractivity contribution in [3.05, 3.63) is 103 Å². The fourth-order valence-electron chi connectivity index (χ4n) is 4.18. The third-order valence-corrected chi connectivity index (χ3v) is 25.2. The predicted molar refractivity (Wildman–Crippen MR) is 138 cm³/mol. The van der Waals surface area contributed by atoms with Crippen molar-refractivity contribution >= 4 is 39.4 Å². The van der Waals surface area contributed by atoms with Crippen LogP contribution in [0.15, 0.2) is 103 Å². The van der Waals surface area contributed by atoms with Crippen molar-refractivity contribution in [1.82, 2.24) is 0 Å². The summed E-state index contributed by atoms with van der Waals surface area (Å²) in [7, 11) is -19.6. The Kier molecular flexibility index (Phi) is 14.0. The van der Waals surface area contributed by atoms with Gasteiger partial charge in [-0.2, -0.15) is 25.3 Å². The van der Waals surface area contributed by atoms with E-state index in [0.717, 1.165) is 6.07 Å². The van der Waals surface area contributed by atoms with Crippen LogP contribution < -0.4 is 94.0 Å². The molecular formula is C24H17Na3O9PS3+. The van der Waals surface area contributed by atoms with Gasteiger partial charge in [-0.05, 0) is 34.4 Å². The van der Waals surface area contributed by atoms with Crippen molar-refractivity contribution in [2.45, 2.75) is 0 Å². The fourth-order valence-corrected chi connectivity index (χ4v) is 17.9. The standard InChI is InChI=1S/C24H19O9PS3.3Na/c25-35(26,27)34(36(28,29)30,37(31,32)33)22-17-16-21(18-10-4-1-5-11-18)23(19-12-6-2-7-13-19)24(22)20-14-8-3-9-15-20;;;/h1-17H,(H2-,25,26,27,28,29,30,31,32,33);;;/q;3*+1/p-2. The normalized spacial score (nSPS) is 11.9. The smallest absolute Gasteiger partial charge is 0.715 e. The number of rotatable bonds is 7. The Balaban J connectivity index is 0.00000267. The number of benzene rings is 4. The molecule has 0 N–H and O–H groups in total. The molecule has 0 fully saturated rings. The van der Waals surface area contributed by atoms with Gasteiger partial charge in [0.15, 0.2) is 0 Å². The SMILES string of the molecule is O=S(=O)([O-])[P+](c1ccc(-c2ccccc2)c(-c2ccccc2)c1-c1ccccc1)(S(=O)(=O)[O-])S(=O)(=O)[O-].[Na+].[Na+].[Na+]. The second kappa shape index (κ2) is 14.7. The van der Waals surface area contributed by atoms with Crippen LogP contribution in [0.4, 0.5) is 0 Å². The van der Waals surface area contributed by atoms with Crippen molar-refractivity contribution in [3.63, 3.8) is 0 Å². The van der Waals surface area contributed by atoms with Crippen molar-refractivity contribution in [2.24, 2.45) is 0 Å². The van der Waals surface area contributed by atoms with E-state index in [0.29, 0.717) is 16.7 Å². The van der Waals surface area contributed by atoms with Gasteiger partial charge in [0.25, 0.3) is 0 Å². The number of hydrogen-bond donors (Lipinski definition) is 0. The topological polar surface area (TPSA) is 172 Å². The zero-order chi connectivity index (χ0) is 27.1. The van der Waals surface area contributed by atoms with Gasteiger partial charge >= 0.3 is 93.5 Å². The molecule has 192 valence electrons. The molecule has 0 heterocycles. The first-order valence-electron chi connectivity index (χ1n) is 10.4. The minimum atomic E-state index is -6.61. The van der Waals surface area contributed by atoms with Crippen LogP contribution in [0.5, 0.6) is 0 Å². The first-order valence-corrected chi connectivity index (χ1v) is 18.2. The van der Waals surface area contributed by atoms with Gasteiger partial charge in [0.2, 0.25) is 29.2 Å². The second-order valence-electron chi connectivity index (χ2n) is 7.76. The van der Waals surface area contributed by atoms with Crippen LogP contribution in [0, 0.1) is 0 Å². The minimum Gasteiger partial charge on any atom is -0.715 e. The molecule has 0 aliphatic heterocycles. The van der Waals surface area contributed by atoms with Gasteiger partial charge < -0.3 is 13.7 Å². The summed E-state index contributed by atoms with van der Waals surface area (Å²) in [6.45, 7) is 0. The summed E-state index contributed by atoms with van der Waals surface area (Å²) >= 11 is 0. The van der Waals surface area contributed by atoms with E-state index in [1.807, 2.05) is 0 Å². The summed E-state index contributed by atoms with van der Waals surface area (Å²) in [5.41, 5.74) is 1.26. The molecule has 9 nitrogen and oxygen atoms in total. The van der Waals surface area contributed by atoms with E-state index in [2.05, 4.69) is 0 Å². The molecule has 0 saturated heterocycles. The molecule has 0 radical (unpaired) electrons.